The van der Waals surface area contributed by atoms with Crippen LogP contribution in [0.2, 0.25) is 0 Å². The molecule has 61 heavy (non-hydrogen) atoms. The summed E-state index contributed by atoms with van der Waals surface area (Å²) in [6.45, 7) is 0. The van der Waals surface area contributed by atoms with E-state index in [9.17, 15) is 0 Å². The van der Waals surface area contributed by atoms with Crippen LogP contribution in [0.5, 0.6) is 0 Å². The van der Waals surface area contributed by atoms with Crippen LogP contribution in [0, 0.1) is 0 Å². The minimum atomic E-state index is 0.696. The van der Waals surface area contributed by atoms with E-state index in [1.54, 1.807) is 0 Å². The van der Waals surface area contributed by atoms with Gasteiger partial charge in [0.05, 0.1) is 33.5 Å². The molecule has 0 saturated carbocycles. The minimum absolute atomic E-state index is 0.696. The van der Waals surface area contributed by atoms with Gasteiger partial charge in [0.1, 0.15) is 0 Å². The van der Waals surface area contributed by atoms with Crippen LogP contribution in [0.15, 0.2) is 218 Å². The summed E-state index contributed by atoms with van der Waals surface area (Å²) in [6, 6.07) is 77.3. The van der Waals surface area contributed by atoms with Crippen molar-refractivity contribution >= 4 is 54.4 Å². The van der Waals surface area contributed by atoms with Gasteiger partial charge in [-0.1, -0.05) is 188 Å². The molecule has 9 aromatic carbocycles. The first-order valence-electron chi connectivity index (χ1n) is 20.7. The zero-order valence-corrected chi connectivity index (χ0v) is 33.1. The van der Waals surface area contributed by atoms with Crippen molar-refractivity contribution in [3.05, 3.63) is 218 Å². The molecule has 4 nitrogen and oxygen atoms in total. The van der Waals surface area contributed by atoms with Crippen molar-refractivity contribution in [1.82, 2.24) is 19.5 Å². The molecule has 0 fully saturated rings. The van der Waals surface area contributed by atoms with Crippen LogP contribution < -0.4 is 0 Å². The summed E-state index contributed by atoms with van der Waals surface area (Å²) in [6.07, 6.45) is 0. The fraction of sp³-hybridized carbons (Fsp3) is 0. The summed E-state index contributed by atoms with van der Waals surface area (Å²) >= 11 is 0. The van der Waals surface area contributed by atoms with Crippen molar-refractivity contribution in [1.29, 1.82) is 0 Å². The maximum atomic E-state index is 5.54. The van der Waals surface area contributed by atoms with E-state index in [1.165, 1.54) is 27.3 Å². The first kappa shape index (κ1) is 34.8. The van der Waals surface area contributed by atoms with Gasteiger partial charge in [0.25, 0.3) is 0 Å². The highest BCUT2D eigenvalue weighted by Gasteiger charge is 2.20. The SMILES string of the molecule is c1ccc(-c2ccc(-c3nc(-c4cccc(-c5ccc6c7ccc8c9ccccc9c(-c9ccccc9)nc8c7n(-c7ccccc7)c6c5)c4)nc4ccccc34)cc2)cc1. The summed E-state index contributed by atoms with van der Waals surface area (Å²) in [4.78, 5) is 15.9. The summed E-state index contributed by atoms with van der Waals surface area (Å²) in [5.74, 6) is 0.696. The Balaban J connectivity index is 1.03. The lowest BCUT2D eigenvalue weighted by Gasteiger charge is -2.13. The minimum Gasteiger partial charge on any atom is -0.307 e. The van der Waals surface area contributed by atoms with E-state index in [-0.39, 0.29) is 0 Å². The van der Waals surface area contributed by atoms with Crippen molar-refractivity contribution in [2.24, 2.45) is 0 Å². The second-order valence-electron chi connectivity index (χ2n) is 15.6. The van der Waals surface area contributed by atoms with Crippen LogP contribution in [0.4, 0.5) is 0 Å². The molecule has 0 amide bonds. The number of rotatable bonds is 6. The Morgan fingerprint density at radius 1 is 0.295 bits per heavy atom. The lowest BCUT2D eigenvalue weighted by atomic mass is 9.98. The molecule has 0 aliphatic carbocycles. The molecule has 12 aromatic rings. The van der Waals surface area contributed by atoms with Gasteiger partial charge >= 0.3 is 0 Å². The molecule has 0 atom stereocenters. The van der Waals surface area contributed by atoms with E-state index >= 15 is 0 Å². The highest BCUT2D eigenvalue weighted by atomic mass is 15.0. The molecular weight excluding hydrogens is 741 g/mol. The Morgan fingerprint density at radius 2 is 0.820 bits per heavy atom. The standard InChI is InChI=1S/C57H36N4/c1-4-15-37(16-5-1)38-27-29-40(30-28-38)54-50-25-12-13-26-51(50)58-57(60-54)43-20-14-19-41(35-43)42-31-32-46-49-34-33-48-45-23-10-11-24-47(45)53(39-17-6-2-7-18-39)59-55(48)56(49)61(52(46)36-42)44-21-8-3-9-22-44/h1-36H. The van der Waals surface area contributed by atoms with E-state index in [4.69, 9.17) is 15.0 Å². The third-order valence-corrected chi connectivity index (χ3v) is 12.0. The Kier molecular flexibility index (Phi) is 8.13. The number of nitrogens with zero attached hydrogens (tertiary/aromatic N) is 4. The highest BCUT2D eigenvalue weighted by molar-refractivity contribution is 6.23. The number of fused-ring (bicyclic) bond motifs is 8. The smallest absolute Gasteiger partial charge is 0.160 e. The second-order valence-corrected chi connectivity index (χ2v) is 15.6. The number of para-hydroxylation sites is 2. The average Bonchev–Trinajstić information content (AvgIpc) is 3.68. The van der Waals surface area contributed by atoms with Gasteiger partial charge in [-0.15, -0.1) is 0 Å². The van der Waals surface area contributed by atoms with Crippen LogP contribution in [0.1, 0.15) is 0 Å². The normalized spacial score (nSPS) is 11.6. The Labute approximate surface area is 352 Å². The van der Waals surface area contributed by atoms with Crippen LogP contribution in [-0.2, 0) is 0 Å². The third kappa shape index (κ3) is 5.88. The monoisotopic (exact) mass is 776 g/mol. The molecule has 0 spiro atoms. The first-order valence-corrected chi connectivity index (χ1v) is 20.7. The number of hydrogen-bond donors (Lipinski definition) is 0. The third-order valence-electron chi connectivity index (χ3n) is 12.0. The van der Waals surface area contributed by atoms with Crippen LogP contribution in [0.3, 0.4) is 0 Å². The molecule has 0 aliphatic rings. The molecule has 0 aliphatic heterocycles. The maximum absolute atomic E-state index is 5.54. The van der Waals surface area contributed by atoms with Crippen LogP contribution in [-0.4, -0.2) is 19.5 Å². The quantitative estimate of drug-likeness (QED) is 0.158. The summed E-state index contributed by atoms with van der Waals surface area (Å²) in [5.41, 5.74) is 14.8. The molecule has 12 rings (SSSR count). The molecule has 0 bridgehead atoms. The summed E-state index contributed by atoms with van der Waals surface area (Å²) in [7, 11) is 0. The molecule has 0 radical (unpaired) electrons. The van der Waals surface area contributed by atoms with Gasteiger partial charge < -0.3 is 4.57 Å². The predicted octanol–water partition coefficient (Wildman–Crippen LogP) is 14.8. The zero-order chi connectivity index (χ0) is 40.3. The number of pyridine rings is 1. The molecular formula is C57H36N4. The maximum Gasteiger partial charge on any atom is 0.160 e. The lowest BCUT2D eigenvalue weighted by Crippen LogP contribution is -1.97. The lowest BCUT2D eigenvalue weighted by molar-refractivity contribution is 1.18. The van der Waals surface area contributed by atoms with Gasteiger partial charge in [-0.3, -0.25) is 0 Å². The van der Waals surface area contributed by atoms with Gasteiger partial charge in [-0.25, -0.2) is 15.0 Å². The first-order chi connectivity index (χ1) is 30.2. The zero-order valence-electron chi connectivity index (χ0n) is 33.1. The van der Waals surface area contributed by atoms with E-state index < -0.39 is 0 Å². The fourth-order valence-electron chi connectivity index (χ4n) is 9.07. The topological polar surface area (TPSA) is 43.6 Å². The van der Waals surface area contributed by atoms with E-state index in [0.717, 1.165) is 83.1 Å². The Morgan fingerprint density at radius 3 is 1.61 bits per heavy atom. The van der Waals surface area contributed by atoms with Crippen molar-refractivity contribution in [3.8, 4) is 61.8 Å². The fourth-order valence-corrected chi connectivity index (χ4v) is 9.07. The Bertz CT molecular complexity index is 3610. The van der Waals surface area contributed by atoms with Crippen LogP contribution in [0.25, 0.3) is 116 Å². The summed E-state index contributed by atoms with van der Waals surface area (Å²) < 4.78 is 2.40. The number of benzene rings is 9. The molecule has 0 unspecified atom stereocenters. The van der Waals surface area contributed by atoms with Crippen molar-refractivity contribution in [2.75, 3.05) is 0 Å². The number of hydrogen-bond acceptors (Lipinski definition) is 3. The van der Waals surface area contributed by atoms with E-state index in [2.05, 4.69) is 211 Å². The van der Waals surface area contributed by atoms with E-state index in [1.807, 2.05) is 12.1 Å². The van der Waals surface area contributed by atoms with Gasteiger partial charge in [0.2, 0.25) is 0 Å². The Hall–Kier alpha value is -8.21. The van der Waals surface area contributed by atoms with Crippen LogP contribution >= 0.6 is 0 Å². The van der Waals surface area contributed by atoms with Gasteiger partial charge in [-0.05, 0) is 58.0 Å². The van der Waals surface area contributed by atoms with Crippen molar-refractivity contribution in [2.45, 2.75) is 0 Å². The molecule has 284 valence electrons. The number of aromatic nitrogens is 4. The van der Waals surface area contributed by atoms with Gasteiger partial charge in [0, 0.05) is 49.3 Å². The highest BCUT2D eigenvalue weighted by Crippen LogP contribution is 2.42. The van der Waals surface area contributed by atoms with Crippen molar-refractivity contribution < 1.29 is 0 Å². The van der Waals surface area contributed by atoms with Gasteiger partial charge in [0.15, 0.2) is 5.82 Å². The average molecular weight is 777 g/mol. The van der Waals surface area contributed by atoms with Gasteiger partial charge in [-0.2, -0.15) is 0 Å². The largest absolute Gasteiger partial charge is 0.307 e. The molecule has 3 heterocycles. The molecule has 3 aromatic heterocycles. The molecule has 0 saturated heterocycles. The summed E-state index contributed by atoms with van der Waals surface area (Å²) in [5, 5.41) is 6.85. The predicted molar refractivity (Wildman–Crippen MR) is 254 cm³/mol. The van der Waals surface area contributed by atoms with E-state index in [0.29, 0.717) is 5.82 Å². The second kappa shape index (κ2) is 14.3. The molecule has 4 heteroatoms. The molecule has 0 N–H and O–H groups in total. The van der Waals surface area contributed by atoms with Crippen molar-refractivity contribution in [3.63, 3.8) is 0 Å².